The molecule has 0 bridgehead atoms. The van der Waals surface area contributed by atoms with Crippen LogP contribution in [0.1, 0.15) is 34.9 Å². The van der Waals surface area contributed by atoms with E-state index in [1.165, 1.54) is 24.4 Å². The molecule has 4 rings (SSSR count). The van der Waals surface area contributed by atoms with Gasteiger partial charge in [0.15, 0.2) is 17.1 Å². The van der Waals surface area contributed by atoms with E-state index in [9.17, 15) is 14.4 Å². The van der Waals surface area contributed by atoms with E-state index in [2.05, 4.69) is 27.0 Å². The minimum atomic E-state index is -0.573. The molecule has 3 N–H and O–H groups in total. The van der Waals surface area contributed by atoms with Crippen LogP contribution in [-0.4, -0.2) is 81.6 Å². The highest BCUT2D eigenvalue weighted by Crippen LogP contribution is 2.37. The lowest BCUT2D eigenvalue weighted by Gasteiger charge is -2.32. The predicted molar refractivity (Wildman–Crippen MR) is 143 cm³/mol. The smallest absolute Gasteiger partial charge is 0.277 e. The molecule has 0 aliphatic carbocycles. The summed E-state index contributed by atoms with van der Waals surface area (Å²) in [4.78, 5) is 49.4. The maximum atomic E-state index is 13.5. The highest BCUT2D eigenvalue weighted by Gasteiger charge is 2.30. The number of anilines is 2. The molecule has 38 heavy (non-hydrogen) atoms. The Labute approximate surface area is 224 Å². The average Bonchev–Trinajstić information content (AvgIpc) is 3.31. The van der Waals surface area contributed by atoms with E-state index < -0.39 is 5.91 Å². The van der Waals surface area contributed by atoms with Gasteiger partial charge in [0.1, 0.15) is 12.1 Å². The lowest BCUT2D eigenvalue weighted by atomic mass is 10.1. The number of likely N-dealkylation sites (tertiary alicyclic amines) is 1. The average molecular weight is 541 g/mol. The van der Waals surface area contributed by atoms with Crippen LogP contribution in [-0.2, 0) is 16.0 Å². The van der Waals surface area contributed by atoms with Gasteiger partial charge >= 0.3 is 0 Å². The highest BCUT2D eigenvalue weighted by molar-refractivity contribution is 6.33. The monoisotopic (exact) mass is 540 g/mol. The molecule has 1 aliphatic heterocycles. The number of ether oxygens (including phenoxy) is 1. The topological polar surface area (TPSA) is 149 Å². The molecule has 1 fully saturated rings. The van der Waals surface area contributed by atoms with Crippen LogP contribution in [0.25, 0.3) is 11.0 Å². The van der Waals surface area contributed by atoms with Gasteiger partial charge in [-0.15, -0.1) is 0 Å². The zero-order valence-electron chi connectivity index (χ0n) is 21.4. The van der Waals surface area contributed by atoms with E-state index in [0.717, 1.165) is 12.8 Å². The molecule has 3 heterocycles. The first-order valence-electron chi connectivity index (χ1n) is 11.9. The quantitative estimate of drug-likeness (QED) is 0.434. The summed E-state index contributed by atoms with van der Waals surface area (Å²) in [6, 6.07) is 3.05. The third kappa shape index (κ3) is 5.12. The van der Waals surface area contributed by atoms with Crippen molar-refractivity contribution in [2.45, 2.75) is 25.3 Å². The minimum absolute atomic E-state index is 0.0234. The largest absolute Gasteiger partial charge is 0.493 e. The Balaban J connectivity index is 1.68. The van der Waals surface area contributed by atoms with Crippen LogP contribution < -0.4 is 15.8 Å². The summed E-state index contributed by atoms with van der Waals surface area (Å²) in [5, 5.41) is 7.88. The normalized spacial score (nSPS) is 15.3. The van der Waals surface area contributed by atoms with Crippen molar-refractivity contribution >= 4 is 51.9 Å². The molecule has 1 atom stereocenters. The molecular weight excluding hydrogens is 512 g/mol. The fourth-order valence-electron chi connectivity index (χ4n) is 4.43. The van der Waals surface area contributed by atoms with Gasteiger partial charge in [-0.2, -0.15) is 5.10 Å². The predicted octanol–water partition coefficient (Wildman–Crippen LogP) is 2.30. The van der Waals surface area contributed by atoms with Gasteiger partial charge in [-0.3, -0.25) is 14.4 Å². The number of benzene rings is 1. The number of hydrogen-bond acceptors (Lipinski definition) is 8. The first-order valence-corrected chi connectivity index (χ1v) is 12.3. The fraction of sp³-hybridized carbons (Fsp3) is 0.360. The van der Waals surface area contributed by atoms with Gasteiger partial charge in [-0.05, 0) is 30.5 Å². The van der Waals surface area contributed by atoms with E-state index in [-0.39, 0.29) is 46.6 Å². The van der Waals surface area contributed by atoms with Crippen LogP contribution in [0.3, 0.4) is 0 Å². The second kappa shape index (κ2) is 11.1. The molecule has 0 saturated carbocycles. The number of amides is 3. The van der Waals surface area contributed by atoms with E-state index in [1.54, 1.807) is 35.8 Å². The summed E-state index contributed by atoms with van der Waals surface area (Å²) >= 11 is 6.52. The maximum absolute atomic E-state index is 13.5. The number of likely N-dealkylation sites (N-methyl/N-ethyl adjacent to an activating group) is 1. The number of fused-ring (bicyclic) bond motifs is 1. The minimum Gasteiger partial charge on any atom is -0.493 e. The number of carbonyl (C=O) groups is 3. The summed E-state index contributed by atoms with van der Waals surface area (Å²) in [6.45, 7) is 4.57. The number of halogens is 1. The molecule has 3 amide bonds. The van der Waals surface area contributed by atoms with Crippen molar-refractivity contribution in [3.05, 3.63) is 47.4 Å². The molecule has 2 aromatic heterocycles. The molecule has 13 heteroatoms. The van der Waals surface area contributed by atoms with Crippen LogP contribution >= 0.6 is 11.6 Å². The molecule has 1 saturated heterocycles. The first-order chi connectivity index (χ1) is 18.2. The van der Waals surface area contributed by atoms with Crippen molar-refractivity contribution in [1.29, 1.82) is 0 Å². The molecular formula is C25H29ClN8O4. The molecule has 1 aromatic carbocycles. The molecule has 12 nitrogen and oxygen atoms in total. The zero-order valence-corrected chi connectivity index (χ0v) is 22.2. The Morgan fingerprint density at radius 2 is 2.08 bits per heavy atom. The lowest BCUT2D eigenvalue weighted by molar-refractivity contribution is -0.128. The van der Waals surface area contributed by atoms with Gasteiger partial charge in [-0.1, -0.05) is 24.2 Å². The number of nitrogen functional groups attached to an aromatic ring is 1. The summed E-state index contributed by atoms with van der Waals surface area (Å²) in [5.74, 6) is -0.560. The molecule has 1 aliphatic rings. The first kappa shape index (κ1) is 26.9. The van der Waals surface area contributed by atoms with Crippen LogP contribution in [0.4, 0.5) is 11.5 Å². The second-order valence-electron chi connectivity index (χ2n) is 9.07. The lowest BCUT2D eigenvalue weighted by Crippen LogP contribution is -2.40. The number of nitrogens with zero attached hydrogens (tertiary/aromatic N) is 6. The van der Waals surface area contributed by atoms with E-state index in [0.29, 0.717) is 35.4 Å². The summed E-state index contributed by atoms with van der Waals surface area (Å²) in [5.41, 5.74) is 7.42. The van der Waals surface area contributed by atoms with Crippen molar-refractivity contribution in [2.24, 2.45) is 0 Å². The van der Waals surface area contributed by atoms with Gasteiger partial charge in [0.2, 0.25) is 11.8 Å². The van der Waals surface area contributed by atoms with E-state index in [4.69, 9.17) is 22.1 Å². The SMILES string of the molecule is C=CC(=O)N1CCCC(n2nc(C(=O)Nc3ccc(CC(=O)N(C)C)c(Cl)c3OC)c3c(N)ncnc32)C1. The highest BCUT2D eigenvalue weighted by atomic mass is 35.5. The van der Waals surface area contributed by atoms with Gasteiger partial charge in [0.25, 0.3) is 5.91 Å². The van der Waals surface area contributed by atoms with E-state index >= 15 is 0 Å². The van der Waals surface area contributed by atoms with Crippen LogP contribution in [0.2, 0.25) is 5.02 Å². The van der Waals surface area contributed by atoms with Gasteiger partial charge in [-0.25, -0.2) is 14.6 Å². The zero-order chi connectivity index (χ0) is 27.6. The number of rotatable bonds is 7. The van der Waals surface area contributed by atoms with Crippen molar-refractivity contribution < 1.29 is 19.1 Å². The van der Waals surface area contributed by atoms with Crippen LogP contribution in [0, 0.1) is 0 Å². The molecule has 3 aromatic rings. The van der Waals surface area contributed by atoms with Crippen molar-refractivity contribution in [1.82, 2.24) is 29.5 Å². The maximum Gasteiger partial charge on any atom is 0.277 e. The number of piperidine rings is 1. The Kier molecular flexibility index (Phi) is 7.81. The Hall–Kier alpha value is -4.19. The third-order valence-corrected chi connectivity index (χ3v) is 6.85. The summed E-state index contributed by atoms with van der Waals surface area (Å²) < 4.78 is 7.09. The summed E-state index contributed by atoms with van der Waals surface area (Å²) in [7, 11) is 4.73. The summed E-state index contributed by atoms with van der Waals surface area (Å²) in [6.07, 6.45) is 4.16. The molecule has 0 spiro atoms. The number of nitrogens with two attached hydrogens (primary N) is 1. The third-order valence-electron chi connectivity index (χ3n) is 6.43. The molecule has 200 valence electrons. The Morgan fingerprint density at radius 1 is 1.32 bits per heavy atom. The van der Waals surface area contributed by atoms with Crippen LogP contribution in [0.15, 0.2) is 31.1 Å². The Morgan fingerprint density at radius 3 is 2.76 bits per heavy atom. The number of hydrogen-bond donors (Lipinski definition) is 2. The molecule has 1 unspecified atom stereocenters. The van der Waals surface area contributed by atoms with Gasteiger partial charge in [0, 0.05) is 27.2 Å². The number of aromatic nitrogens is 4. The van der Waals surface area contributed by atoms with E-state index in [1.807, 2.05) is 0 Å². The molecule has 0 radical (unpaired) electrons. The van der Waals surface area contributed by atoms with Crippen molar-refractivity contribution in [3.63, 3.8) is 0 Å². The van der Waals surface area contributed by atoms with Crippen LogP contribution in [0.5, 0.6) is 5.75 Å². The van der Waals surface area contributed by atoms with Crippen molar-refractivity contribution in [3.8, 4) is 5.75 Å². The van der Waals surface area contributed by atoms with Gasteiger partial charge in [0.05, 0.1) is 35.7 Å². The van der Waals surface area contributed by atoms with Crippen molar-refractivity contribution in [2.75, 3.05) is 45.3 Å². The van der Waals surface area contributed by atoms with Gasteiger partial charge < -0.3 is 25.6 Å². The standard InChI is InChI=1S/C25H29ClN8O4/c1-5-17(35)33-10-6-7-15(12-33)34-24-19(23(27)28-13-29-24)21(31-34)25(37)30-16-9-8-14(11-18(36)32(2)3)20(26)22(16)38-4/h5,8-9,13,15H,1,6-7,10-12H2,2-4H3,(H,30,37)(H2,27,28,29). The number of carbonyl (C=O) groups excluding carboxylic acids is 3. The Bertz CT molecular complexity index is 1420. The second-order valence-corrected chi connectivity index (χ2v) is 9.45. The number of nitrogens with one attached hydrogen (secondary N) is 1. The fourth-order valence-corrected chi connectivity index (χ4v) is 4.74. The number of methoxy groups -OCH3 is 1.